The molecule has 0 saturated carbocycles. The smallest absolute Gasteiger partial charge is 0.352 e. The van der Waals surface area contributed by atoms with Crippen molar-refractivity contribution < 1.29 is 19.8 Å². The van der Waals surface area contributed by atoms with E-state index < -0.39 is 11.9 Å². The van der Waals surface area contributed by atoms with Crippen molar-refractivity contribution in [3.63, 3.8) is 0 Å². The summed E-state index contributed by atoms with van der Waals surface area (Å²) < 4.78 is 1.66. The second kappa shape index (κ2) is 5.83. The Morgan fingerprint density at radius 2 is 1.76 bits per heavy atom. The van der Waals surface area contributed by atoms with Crippen molar-refractivity contribution >= 4 is 11.9 Å². The van der Waals surface area contributed by atoms with Crippen LogP contribution < -0.4 is 0 Å². The third-order valence-electron chi connectivity index (χ3n) is 3.54. The average molecular weight is 287 g/mol. The van der Waals surface area contributed by atoms with Gasteiger partial charge in [0.1, 0.15) is 5.69 Å². The van der Waals surface area contributed by atoms with Crippen LogP contribution in [0.15, 0.2) is 30.3 Å². The fourth-order valence-electron chi connectivity index (χ4n) is 2.51. The number of carbonyl (C=O) groups is 2. The highest BCUT2D eigenvalue weighted by molar-refractivity contribution is 5.90. The Kier molecular flexibility index (Phi) is 4.12. The maximum absolute atomic E-state index is 11.5. The van der Waals surface area contributed by atoms with E-state index in [0.29, 0.717) is 12.0 Å². The fourth-order valence-corrected chi connectivity index (χ4v) is 2.51. The largest absolute Gasteiger partial charge is 0.478 e. The standard InChI is InChI=1S/C16H17NO4/c1-3-11-8-10(2)17(14(11)16(20)21)9-12-6-4-5-7-13(12)15(18)19/h4-8H,3,9H2,1-2H3,(H,18,19)(H,20,21). The summed E-state index contributed by atoms with van der Waals surface area (Å²) in [6.45, 7) is 3.96. The molecule has 1 aromatic carbocycles. The highest BCUT2D eigenvalue weighted by atomic mass is 16.4. The van der Waals surface area contributed by atoms with Gasteiger partial charge in [-0.05, 0) is 36.6 Å². The van der Waals surface area contributed by atoms with Crippen molar-refractivity contribution in [1.29, 1.82) is 0 Å². The van der Waals surface area contributed by atoms with Crippen LogP contribution in [0.5, 0.6) is 0 Å². The molecule has 2 rings (SSSR count). The SMILES string of the molecule is CCc1cc(C)n(Cc2ccccc2C(=O)O)c1C(=O)O. The third kappa shape index (κ3) is 2.81. The molecule has 0 bridgehead atoms. The van der Waals surface area contributed by atoms with E-state index in [1.54, 1.807) is 22.8 Å². The zero-order chi connectivity index (χ0) is 15.6. The molecule has 0 aliphatic rings. The quantitative estimate of drug-likeness (QED) is 0.886. The van der Waals surface area contributed by atoms with Crippen LogP contribution in [-0.4, -0.2) is 26.7 Å². The zero-order valence-electron chi connectivity index (χ0n) is 12.0. The van der Waals surface area contributed by atoms with E-state index in [1.165, 1.54) is 6.07 Å². The first-order valence-electron chi connectivity index (χ1n) is 6.69. The number of benzene rings is 1. The Hall–Kier alpha value is -2.56. The molecule has 0 fully saturated rings. The first-order chi connectivity index (χ1) is 9.95. The molecular weight excluding hydrogens is 270 g/mol. The Labute approximate surface area is 122 Å². The molecular formula is C16H17NO4. The minimum atomic E-state index is -1.01. The number of carboxylic acid groups (broad SMARTS) is 2. The normalized spacial score (nSPS) is 10.6. The predicted molar refractivity (Wildman–Crippen MR) is 78.0 cm³/mol. The van der Waals surface area contributed by atoms with Gasteiger partial charge < -0.3 is 14.8 Å². The van der Waals surface area contributed by atoms with Crippen LogP contribution in [0.3, 0.4) is 0 Å². The second-order valence-corrected chi connectivity index (χ2v) is 4.87. The summed E-state index contributed by atoms with van der Waals surface area (Å²) in [5.41, 5.74) is 2.58. The molecule has 1 heterocycles. The van der Waals surface area contributed by atoms with E-state index in [-0.39, 0.29) is 17.8 Å². The minimum absolute atomic E-state index is 0.194. The first kappa shape index (κ1) is 14.8. The summed E-state index contributed by atoms with van der Waals surface area (Å²) in [6, 6.07) is 8.48. The summed E-state index contributed by atoms with van der Waals surface area (Å²) in [7, 11) is 0. The molecule has 0 aliphatic carbocycles. The van der Waals surface area contributed by atoms with Gasteiger partial charge in [-0.15, -0.1) is 0 Å². The number of aryl methyl sites for hydroxylation is 2. The number of nitrogens with zero attached hydrogens (tertiary/aromatic N) is 1. The first-order valence-corrected chi connectivity index (χ1v) is 6.69. The maximum Gasteiger partial charge on any atom is 0.352 e. The number of hydrogen-bond acceptors (Lipinski definition) is 2. The Bertz CT molecular complexity index is 700. The van der Waals surface area contributed by atoms with Crippen molar-refractivity contribution in [2.45, 2.75) is 26.8 Å². The van der Waals surface area contributed by atoms with E-state index in [0.717, 1.165) is 11.3 Å². The van der Waals surface area contributed by atoms with E-state index in [9.17, 15) is 19.8 Å². The molecule has 0 atom stereocenters. The summed E-state index contributed by atoms with van der Waals surface area (Å²) in [5.74, 6) is -2.00. The Morgan fingerprint density at radius 1 is 1.10 bits per heavy atom. The summed E-state index contributed by atoms with van der Waals surface area (Å²) in [5, 5.41) is 18.6. The molecule has 21 heavy (non-hydrogen) atoms. The lowest BCUT2D eigenvalue weighted by atomic mass is 10.1. The van der Waals surface area contributed by atoms with Gasteiger partial charge in [-0.25, -0.2) is 9.59 Å². The highest BCUT2D eigenvalue weighted by Gasteiger charge is 2.19. The van der Waals surface area contributed by atoms with Crippen LogP contribution in [0.1, 0.15) is 44.6 Å². The average Bonchev–Trinajstić information content (AvgIpc) is 2.76. The van der Waals surface area contributed by atoms with Gasteiger partial charge in [0, 0.05) is 12.2 Å². The van der Waals surface area contributed by atoms with Gasteiger partial charge in [0.05, 0.1) is 5.56 Å². The molecule has 0 spiro atoms. The molecule has 0 radical (unpaired) electrons. The summed E-state index contributed by atoms with van der Waals surface area (Å²) in [4.78, 5) is 22.7. The van der Waals surface area contributed by atoms with Crippen molar-refractivity contribution in [2.75, 3.05) is 0 Å². The van der Waals surface area contributed by atoms with E-state index in [4.69, 9.17) is 0 Å². The number of aromatic carboxylic acids is 2. The molecule has 0 unspecified atom stereocenters. The molecule has 2 aromatic rings. The molecule has 0 aliphatic heterocycles. The molecule has 1 aromatic heterocycles. The highest BCUT2D eigenvalue weighted by Crippen LogP contribution is 2.20. The lowest BCUT2D eigenvalue weighted by molar-refractivity contribution is 0.0680. The van der Waals surface area contributed by atoms with Gasteiger partial charge in [0.15, 0.2) is 0 Å². The lowest BCUT2D eigenvalue weighted by Gasteiger charge is -2.12. The summed E-state index contributed by atoms with van der Waals surface area (Å²) in [6.07, 6.45) is 0.621. The van der Waals surface area contributed by atoms with Crippen LogP contribution in [0.25, 0.3) is 0 Å². The van der Waals surface area contributed by atoms with Crippen molar-refractivity contribution in [3.8, 4) is 0 Å². The third-order valence-corrected chi connectivity index (χ3v) is 3.54. The number of carboxylic acids is 2. The van der Waals surface area contributed by atoms with Crippen LogP contribution in [-0.2, 0) is 13.0 Å². The molecule has 2 N–H and O–H groups in total. The zero-order valence-corrected chi connectivity index (χ0v) is 12.0. The van der Waals surface area contributed by atoms with Crippen LogP contribution in [0.4, 0.5) is 0 Å². The maximum atomic E-state index is 11.5. The van der Waals surface area contributed by atoms with Gasteiger partial charge in [0.2, 0.25) is 0 Å². The van der Waals surface area contributed by atoms with Crippen LogP contribution in [0.2, 0.25) is 0 Å². The topological polar surface area (TPSA) is 79.5 Å². The van der Waals surface area contributed by atoms with Crippen LogP contribution >= 0.6 is 0 Å². The molecule has 0 amide bonds. The van der Waals surface area contributed by atoms with Gasteiger partial charge in [-0.1, -0.05) is 25.1 Å². The van der Waals surface area contributed by atoms with Crippen LogP contribution in [0, 0.1) is 6.92 Å². The van der Waals surface area contributed by atoms with E-state index >= 15 is 0 Å². The van der Waals surface area contributed by atoms with Crippen molar-refractivity contribution in [3.05, 3.63) is 58.4 Å². The lowest BCUT2D eigenvalue weighted by Crippen LogP contribution is -2.14. The van der Waals surface area contributed by atoms with E-state index in [1.807, 2.05) is 19.9 Å². The van der Waals surface area contributed by atoms with Gasteiger partial charge in [-0.2, -0.15) is 0 Å². The number of rotatable bonds is 5. The Morgan fingerprint density at radius 3 is 2.33 bits per heavy atom. The molecule has 5 heteroatoms. The number of aromatic nitrogens is 1. The van der Waals surface area contributed by atoms with Gasteiger partial charge in [-0.3, -0.25) is 0 Å². The number of hydrogen-bond donors (Lipinski definition) is 2. The predicted octanol–water partition coefficient (Wildman–Crippen LogP) is 2.80. The van der Waals surface area contributed by atoms with E-state index in [2.05, 4.69) is 0 Å². The monoisotopic (exact) mass is 287 g/mol. The fraction of sp³-hybridized carbons (Fsp3) is 0.250. The second-order valence-electron chi connectivity index (χ2n) is 4.87. The van der Waals surface area contributed by atoms with Crippen molar-refractivity contribution in [2.24, 2.45) is 0 Å². The van der Waals surface area contributed by atoms with Crippen molar-refractivity contribution in [1.82, 2.24) is 4.57 Å². The molecule has 5 nitrogen and oxygen atoms in total. The molecule has 0 saturated heterocycles. The van der Waals surface area contributed by atoms with Gasteiger partial charge in [0.25, 0.3) is 0 Å². The van der Waals surface area contributed by atoms with Gasteiger partial charge >= 0.3 is 11.9 Å². The summed E-state index contributed by atoms with van der Waals surface area (Å²) >= 11 is 0. The Balaban J connectivity index is 2.52. The molecule has 110 valence electrons. The minimum Gasteiger partial charge on any atom is -0.478 e.